The molecule has 2 aliphatic heterocycles. The van der Waals surface area contributed by atoms with Crippen molar-refractivity contribution in [3.63, 3.8) is 0 Å². The molecule has 2 saturated heterocycles. The fraction of sp³-hybridized carbons (Fsp3) is 0.583. The summed E-state index contributed by atoms with van der Waals surface area (Å²) in [6.07, 6.45) is 9.34. The van der Waals surface area contributed by atoms with Crippen LogP contribution in [0.4, 0.5) is 9.59 Å². The Labute approximate surface area is 260 Å². The zero-order valence-corrected chi connectivity index (χ0v) is 26.0. The second-order valence-corrected chi connectivity index (χ2v) is 14.5. The van der Waals surface area contributed by atoms with Gasteiger partial charge in [0.2, 0.25) is 0 Å². The van der Waals surface area contributed by atoms with E-state index in [1.54, 1.807) is 0 Å². The maximum Gasteiger partial charge on any atom is 0.410 e. The van der Waals surface area contributed by atoms with Crippen molar-refractivity contribution in [3.8, 4) is 0 Å². The number of carbonyl (C=O) groups excluding carboxylic acids is 4. The van der Waals surface area contributed by atoms with Crippen molar-refractivity contribution in [2.75, 3.05) is 26.2 Å². The van der Waals surface area contributed by atoms with E-state index in [9.17, 15) is 9.59 Å². The molecule has 8 nitrogen and oxygen atoms in total. The Morgan fingerprint density at radius 1 is 0.750 bits per heavy atom. The first-order valence-electron chi connectivity index (χ1n) is 16.1. The van der Waals surface area contributed by atoms with E-state index >= 15 is 0 Å². The van der Waals surface area contributed by atoms with Gasteiger partial charge in [0.25, 0.3) is 0 Å². The van der Waals surface area contributed by atoms with Gasteiger partial charge in [0, 0.05) is 26.2 Å². The molecule has 4 atom stereocenters. The first kappa shape index (κ1) is 30.4. The van der Waals surface area contributed by atoms with Crippen LogP contribution in [0.1, 0.15) is 69.9 Å². The van der Waals surface area contributed by atoms with Crippen LogP contribution in [0.5, 0.6) is 0 Å². The molecule has 2 aromatic carbocycles. The highest BCUT2D eigenvalue weighted by Gasteiger charge is 2.71. The molecule has 6 fully saturated rings. The average Bonchev–Trinajstić information content (AvgIpc) is 3.96. The van der Waals surface area contributed by atoms with E-state index in [1.807, 2.05) is 70.5 Å². The minimum Gasteiger partial charge on any atom is -0.445 e. The third kappa shape index (κ3) is 5.65. The van der Waals surface area contributed by atoms with Gasteiger partial charge < -0.3 is 19.3 Å². The number of hydrogen-bond donors (Lipinski definition) is 0. The molecule has 0 N–H and O–H groups in total. The van der Waals surface area contributed by atoms with Crippen LogP contribution in [0.25, 0.3) is 0 Å². The predicted molar refractivity (Wildman–Crippen MR) is 162 cm³/mol. The van der Waals surface area contributed by atoms with Gasteiger partial charge >= 0.3 is 18.3 Å². The fourth-order valence-corrected chi connectivity index (χ4v) is 9.40. The largest absolute Gasteiger partial charge is 0.445 e. The van der Waals surface area contributed by atoms with Crippen molar-refractivity contribution in [2.45, 2.75) is 72.0 Å². The van der Waals surface area contributed by atoms with Gasteiger partial charge in [0.15, 0.2) is 0 Å². The SMILES string of the molecule is CC[C@]12CN(C(=O)OCc3ccccc3)C[C@H]1C1(CC1)C2.C[C@]12CN(C(=O)OCc3ccccc3)C[C@H]1C1(CC1)C2.O=C=O. The van der Waals surface area contributed by atoms with E-state index in [1.165, 1.54) is 44.9 Å². The fourth-order valence-electron chi connectivity index (χ4n) is 9.40. The van der Waals surface area contributed by atoms with Crippen molar-refractivity contribution < 1.29 is 28.7 Å². The molecule has 4 saturated carbocycles. The molecule has 4 aliphatic carbocycles. The van der Waals surface area contributed by atoms with Crippen LogP contribution in [0.2, 0.25) is 0 Å². The summed E-state index contributed by atoms with van der Waals surface area (Å²) in [6, 6.07) is 19.8. The Kier molecular flexibility index (Phi) is 8.08. The summed E-state index contributed by atoms with van der Waals surface area (Å²) in [5.74, 6) is 1.46. The first-order valence-corrected chi connectivity index (χ1v) is 16.1. The van der Waals surface area contributed by atoms with Crippen LogP contribution in [-0.2, 0) is 32.3 Å². The number of likely N-dealkylation sites (tertiary alicyclic amines) is 2. The highest BCUT2D eigenvalue weighted by Crippen LogP contribution is 2.75. The molecule has 2 aromatic rings. The average molecular weight is 601 g/mol. The van der Waals surface area contributed by atoms with Gasteiger partial charge in [-0.1, -0.05) is 74.5 Å². The molecular weight excluding hydrogens is 556 g/mol. The van der Waals surface area contributed by atoms with Gasteiger partial charge in [-0.3, -0.25) is 0 Å². The Morgan fingerprint density at radius 2 is 1.20 bits per heavy atom. The minimum absolute atomic E-state index is 0.128. The summed E-state index contributed by atoms with van der Waals surface area (Å²) >= 11 is 0. The van der Waals surface area contributed by atoms with Crippen LogP contribution >= 0.6 is 0 Å². The van der Waals surface area contributed by atoms with Gasteiger partial charge in [-0.2, -0.15) is 9.59 Å². The Hall–Kier alpha value is -3.64. The lowest BCUT2D eigenvalue weighted by molar-refractivity contribution is -0.191. The number of nitrogens with zero attached hydrogens (tertiary/aromatic N) is 2. The maximum absolute atomic E-state index is 12.3. The summed E-state index contributed by atoms with van der Waals surface area (Å²) in [5.41, 5.74) is 4.10. The summed E-state index contributed by atoms with van der Waals surface area (Å²) in [5, 5.41) is 0. The van der Waals surface area contributed by atoms with Crippen LogP contribution in [0.3, 0.4) is 0 Å². The zero-order chi connectivity index (χ0) is 31.0. The van der Waals surface area contributed by atoms with E-state index in [4.69, 9.17) is 19.1 Å². The number of carbonyl (C=O) groups is 2. The van der Waals surface area contributed by atoms with Gasteiger partial charge in [-0.05, 0) is 89.6 Å². The molecule has 0 aromatic heterocycles. The quantitative estimate of drug-likeness (QED) is 0.379. The molecule has 2 spiro atoms. The van der Waals surface area contributed by atoms with Gasteiger partial charge in [0.05, 0.1) is 0 Å². The lowest BCUT2D eigenvalue weighted by Crippen LogP contribution is -2.48. The van der Waals surface area contributed by atoms with E-state index in [2.05, 4.69) is 13.8 Å². The molecular formula is C36H44N2O6. The molecule has 0 bridgehead atoms. The van der Waals surface area contributed by atoms with Gasteiger partial charge in [0.1, 0.15) is 13.2 Å². The zero-order valence-electron chi connectivity index (χ0n) is 26.0. The third-order valence-corrected chi connectivity index (χ3v) is 11.8. The van der Waals surface area contributed by atoms with E-state index < -0.39 is 0 Å². The second-order valence-electron chi connectivity index (χ2n) is 14.5. The standard InChI is InChI=1S/C18H23NO2.C17H21NO2.CO2/c1-2-17-12-18(8-9-18)15(17)10-19(13-17)16(20)21-11-14-6-4-3-5-7-14;1-16-11-17(7-8-17)14(16)9-18(12-16)15(19)20-10-13-5-3-2-4-6-13;2-1-3/h3-7,15H,2,8-13H2,1H3;2-6,14H,7-12H2,1H3;/t15-,17+;14-,16+;/m11./s1. The first-order chi connectivity index (χ1) is 21.2. The number of fused-ring (bicyclic) bond motifs is 4. The van der Waals surface area contributed by atoms with Crippen molar-refractivity contribution in [1.29, 1.82) is 0 Å². The Balaban J connectivity index is 0.000000144. The topological polar surface area (TPSA) is 93.2 Å². The summed E-state index contributed by atoms with van der Waals surface area (Å²) in [7, 11) is 0. The van der Waals surface area contributed by atoms with Gasteiger partial charge in [-0.15, -0.1) is 0 Å². The summed E-state index contributed by atoms with van der Waals surface area (Å²) in [4.78, 5) is 44.7. The number of rotatable bonds is 5. The van der Waals surface area contributed by atoms with E-state index in [0.717, 1.165) is 49.1 Å². The molecule has 8 heteroatoms. The van der Waals surface area contributed by atoms with Crippen LogP contribution < -0.4 is 0 Å². The second kappa shape index (κ2) is 11.7. The monoisotopic (exact) mass is 600 g/mol. The van der Waals surface area contributed by atoms with Crippen LogP contribution in [-0.4, -0.2) is 54.3 Å². The molecule has 0 unspecified atom stereocenters. The number of hydrogen-bond acceptors (Lipinski definition) is 6. The minimum atomic E-state index is -0.139. The summed E-state index contributed by atoms with van der Waals surface area (Å²) in [6.45, 7) is 8.99. The molecule has 234 valence electrons. The highest BCUT2D eigenvalue weighted by molar-refractivity contribution is 5.69. The predicted octanol–water partition coefficient (Wildman–Crippen LogP) is 6.70. The molecule has 44 heavy (non-hydrogen) atoms. The maximum atomic E-state index is 12.3. The van der Waals surface area contributed by atoms with Crippen molar-refractivity contribution in [2.24, 2.45) is 33.5 Å². The lowest BCUT2D eigenvalue weighted by Gasteiger charge is -2.51. The molecule has 2 amide bonds. The Morgan fingerprint density at radius 3 is 1.68 bits per heavy atom. The number of ether oxygens (including phenoxy) is 2. The van der Waals surface area contributed by atoms with E-state index in [-0.39, 0.29) is 18.3 Å². The molecule has 2 heterocycles. The van der Waals surface area contributed by atoms with Crippen LogP contribution in [0.15, 0.2) is 60.7 Å². The normalized spacial score (nSPS) is 30.1. The third-order valence-electron chi connectivity index (χ3n) is 11.8. The number of amides is 2. The summed E-state index contributed by atoms with van der Waals surface area (Å²) < 4.78 is 11.0. The smallest absolute Gasteiger partial charge is 0.410 e. The van der Waals surface area contributed by atoms with E-state index in [0.29, 0.717) is 34.9 Å². The lowest BCUT2D eigenvalue weighted by atomic mass is 9.52. The van der Waals surface area contributed by atoms with Crippen molar-refractivity contribution in [1.82, 2.24) is 9.80 Å². The number of benzene rings is 2. The molecule has 6 aliphatic rings. The van der Waals surface area contributed by atoms with Crippen molar-refractivity contribution in [3.05, 3.63) is 71.8 Å². The van der Waals surface area contributed by atoms with Crippen molar-refractivity contribution >= 4 is 18.3 Å². The van der Waals surface area contributed by atoms with Gasteiger partial charge in [-0.25, -0.2) is 9.59 Å². The molecule has 8 rings (SSSR count). The van der Waals surface area contributed by atoms with Crippen LogP contribution in [0, 0.1) is 33.5 Å². The Bertz CT molecular complexity index is 1380. The molecule has 0 radical (unpaired) electrons. The highest BCUT2D eigenvalue weighted by atomic mass is 16.6.